The highest BCUT2D eigenvalue weighted by Crippen LogP contribution is 2.29. The third-order valence-corrected chi connectivity index (χ3v) is 4.36. The lowest BCUT2D eigenvalue weighted by atomic mass is 10.0. The van der Waals surface area contributed by atoms with Gasteiger partial charge in [-0.2, -0.15) is 0 Å². The fraction of sp³-hybridized carbons (Fsp3) is 0.190. The molecule has 1 aliphatic heterocycles. The van der Waals surface area contributed by atoms with E-state index in [1.807, 2.05) is 0 Å². The Morgan fingerprint density at radius 2 is 2.00 bits per heavy atom. The Morgan fingerprint density at radius 1 is 1.28 bits per heavy atom. The van der Waals surface area contributed by atoms with Crippen molar-refractivity contribution >= 4 is 29.7 Å². The molecule has 0 aliphatic carbocycles. The van der Waals surface area contributed by atoms with Gasteiger partial charge in [-0.05, 0) is 35.4 Å². The van der Waals surface area contributed by atoms with Gasteiger partial charge in [-0.3, -0.25) is 9.69 Å². The van der Waals surface area contributed by atoms with Crippen molar-refractivity contribution in [1.82, 2.24) is 5.32 Å². The highest BCUT2D eigenvalue weighted by molar-refractivity contribution is 5.90. The number of cyclic esters (lactones) is 1. The molecule has 1 saturated heterocycles. The molecule has 0 aromatic heterocycles. The second kappa shape index (κ2) is 8.55. The SMILES string of the molecule is CC(=O)NC[C@H]1CN(c2ccc(-c3ccc(/C=C/C(=O)O)cc3)c(F)c2)C(=O)O1. The van der Waals surface area contributed by atoms with Gasteiger partial charge in [-0.25, -0.2) is 14.0 Å². The number of hydrogen-bond acceptors (Lipinski definition) is 4. The Kier molecular flexibility index (Phi) is 5.92. The number of halogens is 1. The number of amides is 2. The van der Waals surface area contributed by atoms with Crippen molar-refractivity contribution in [2.24, 2.45) is 0 Å². The molecule has 1 fully saturated rings. The van der Waals surface area contributed by atoms with Gasteiger partial charge in [-0.1, -0.05) is 24.3 Å². The van der Waals surface area contributed by atoms with E-state index in [9.17, 15) is 18.8 Å². The van der Waals surface area contributed by atoms with Crippen LogP contribution in [0.4, 0.5) is 14.9 Å². The van der Waals surface area contributed by atoms with Gasteiger partial charge in [0.2, 0.25) is 5.91 Å². The molecule has 1 atom stereocenters. The smallest absolute Gasteiger partial charge is 0.414 e. The lowest BCUT2D eigenvalue weighted by Crippen LogP contribution is -2.33. The molecule has 0 saturated carbocycles. The molecule has 0 bridgehead atoms. The second-order valence-corrected chi connectivity index (χ2v) is 6.51. The van der Waals surface area contributed by atoms with E-state index in [0.717, 1.165) is 6.08 Å². The molecule has 2 N–H and O–H groups in total. The molecule has 7 nitrogen and oxygen atoms in total. The Hall–Kier alpha value is -3.68. The summed E-state index contributed by atoms with van der Waals surface area (Å²) >= 11 is 0. The van der Waals surface area contributed by atoms with Crippen LogP contribution in [0, 0.1) is 5.82 Å². The number of rotatable bonds is 6. The molecule has 29 heavy (non-hydrogen) atoms. The van der Waals surface area contributed by atoms with Crippen molar-refractivity contribution in [3.8, 4) is 11.1 Å². The number of nitrogens with one attached hydrogen (secondary N) is 1. The van der Waals surface area contributed by atoms with E-state index in [1.165, 1.54) is 24.0 Å². The number of carbonyl (C=O) groups is 3. The maximum absolute atomic E-state index is 14.7. The van der Waals surface area contributed by atoms with Gasteiger partial charge in [0.05, 0.1) is 18.8 Å². The molecule has 2 aromatic carbocycles. The van der Waals surface area contributed by atoms with Crippen LogP contribution in [0.5, 0.6) is 0 Å². The van der Waals surface area contributed by atoms with Crippen molar-refractivity contribution in [3.63, 3.8) is 0 Å². The van der Waals surface area contributed by atoms with E-state index >= 15 is 0 Å². The first-order valence-electron chi connectivity index (χ1n) is 8.87. The molecule has 8 heteroatoms. The van der Waals surface area contributed by atoms with Gasteiger partial charge in [-0.15, -0.1) is 0 Å². The van der Waals surface area contributed by atoms with Gasteiger partial charge in [0, 0.05) is 18.6 Å². The maximum atomic E-state index is 14.7. The summed E-state index contributed by atoms with van der Waals surface area (Å²) in [5.41, 5.74) is 2.01. The standard InChI is InChI=1S/C21H19FN2O5/c1-13(25)23-11-17-12-24(21(28)29-17)16-7-8-18(19(22)10-16)15-5-2-14(3-6-15)4-9-20(26)27/h2-10,17H,11-12H2,1H3,(H,23,25)(H,26,27)/b9-4+/t17-/m0/s1. The van der Waals surface area contributed by atoms with E-state index in [0.29, 0.717) is 22.4 Å². The molecule has 0 spiro atoms. The molecule has 0 radical (unpaired) electrons. The molecule has 2 amide bonds. The fourth-order valence-electron chi connectivity index (χ4n) is 2.94. The number of ether oxygens (including phenoxy) is 1. The van der Waals surface area contributed by atoms with Crippen molar-refractivity contribution < 1.29 is 28.6 Å². The van der Waals surface area contributed by atoms with E-state index < -0.39 is 24.0 Å². The minimum absolute atomic E-state index is 0.195. The highest BCUT2D eigenvalue weighted by atomic mass is 19.1. The Balaban J connectivity index is 1.74. The minimum atomic E-state index is -1.05. The topological polar surface area (TPSA) is 95.9 Å². The van der Waals surface area contributed by atoms with E-state index in [4.69, 9.17) is 9.84 Å². The van der Waals surface area contributed by atoms with Gasteiger partial charge in [0.15, 0.2) is 0 Å². The Morgan fingerprint density at radius 3 is 2.62 bits per heavy atom. The lowest BCUT2D eigenvalue weighted by molar-refractivity contribution is -0.131. The minimum Gasteiger partial charge on any atom is -0.478 e. The summed E-state index contributed by atoms with van der Waals surface area (Å²) < 4.78 is 19.9. The molecule has 3 rings (SSSR count). The predicted molar refractivity (Wildman–Crippen MR) is 105 cm³/mol. The van der Waals surface area contributed by atoms with Crippen LogP contribution in [-0.4, -0.2) is 42.3 Å². The molecular formula is C21H19FN2O5. The zero-order chi connectivity index (χ0) is 21.0. The quantitative estimate of drug-likeness (QED) is 0.729. The molecule has 150 valence electrons. The second-order valence-electron chi connectivity index (χ2n) is 6.51. The molecular weight excluding hydrogens is 379 g/mol. The number of carboxylic acids is 1. The first kappa shape index (κ1) is 20.1. The van der Waals surface area contributed by atoms with E-state index in [-0.39, 0.29) is 19.0 Å². The summed E-state index contributed by atoms with van der Waals surface area (Å²) in [6.45, 7) is 1.78. The molecule has 1 heterocycles. The third-order valence-electron chi connectivity index (χ3n) is 4.36. The third kappa shape index (κ3) is 4.98. The normalized spacial score (nSPS) is 16.1. The zero-order valence-electron chi connectivity index (χ0n) is 15.6. The van der Waals surface area contributed by atoms with Crippen molar-refractivity contribution in [1.29, 1.82) is 0 Å². The highest BCUT2D eigenvalue weighted by Gasteiger charge is 2.32. The van der Waals surface area contributed by atoms with E-state index in [1.54, 1.807) is 36.4 Å². The van der Waals surface area contributed by atoms with Gasteiger partial charge in [0.25, 0.3) is 0 Å². The summed E-state index contributed by atoms with van der Waals surface area (Å²) in [6, 6.07) is 11.2. The van der Waals surface area contributed by atoms with Crippen molar-refractivity contribution in [3.05, 3.63) is 59.9 Å². The fourth-order valence-corrected chi connectivity index (χ4v) is 2.94. The number of carbonyl (C=O) groups excluding carboxylic acids is 2. The van der Waals surface area contributed by atoms with Crippen LogP contribution in [0.3, 0.4) is 0 Å². The number of aliphatic carboxylic acids is 1. The van der Waals surface area contributed by atoms with Crippen LogP contribution in [-0.2, 0) is 14.3 Å². The van der Waals surface area contributed by atoms with Crippen molar-refractivity contribution in [2.45, 2.75) is 13.0 Å². The summed E-state index contributed by atoms with van der Waals surface area (Å²) in [5, 5.41) is 11.2. The first-order chi connectivity index (χ1) is 13.8. The van der Waals surface area contributed by atoms with E-state index in [2.05, 4.69) is 5.32 Å². The number of hydrogen-bond donors (Lipinski definition) is 2. The van der Waals surface area contributed by atoms with Crippen LogP contribution in [0.25, 0.3) is 17.2 Å². The summed E-state index contributed by atoms with van der Waals surface area (Å²) in [5.74, 6) is -1.77. The van der Waals surface area contributed by atoms with Gasteiger partial charge in [0.1, 0.15) is 11.9 Å². The van der Waals surface area contributed by atoms with Crippen LogP contribution in [0.1, 0.15) is 12.5 Å². The summed E-state index contributed by atoms with van der Waals surface area (Å²) in [6.07, 6.45) is 1.38. The van der Waals surface area contributed by atoms with Crippen LogP contribution in [0.15, 0.2) is 48.5 Å². The monoisotopic (exact) mass is 398 g/mol. The van der Waals surface area contributed by atoms with Crippen LogP contribution in [0.2, 0.25) is 0 Å². The van der Waals surface area contributed by atoms with Gasteiger partial charge < -0.3 is 15.2 Å². The molecule has 2 aromatic rings. The number of carboxylic acid groups (broad SMARTS) is 1. The van der Waals surface area contributed by atoms with Gasteiger partial charge >= 0.3 is 12.1 Å². The summed E-state index contributed by atoms with van der Waals surface area (Å²) in [4.78, 5) is 34.9. The van der Waals surface area contributed by atoms with Crippen LogP contribution >= 0.6 is 0 Å². The number of anilines is 1. The number of nitrogens with zero attached hydrogens (tertiary/aromatic N) is 1. The molecule has 0 unspecified atom stereocenters. The Labute approximate surface area is 166 Å². The zero-order valence-corrected chi connectivity index (χ0v) is 15.6. The predicted octanol–water partition coefficient (Wildman–Crippen LogP) is 3.05. The number of benzene rings is 2. The first-order valence-corrected chi connectivity index (χ1v) is 8.87. The molecule has 1 aliphatic rings. The lowest BCUT2D eigenvalue weighted by Gasteiger charge is -2.14. The van der Waals surface area contributed by atoms with Crippen LogP contribution < -0.4 is 10.2 Å². The van der Waals surface area contributed by atoms with Crippen molar-refractivity contribution in [2.75, 3.05) is 18.0 Å². The largest absolute Gasteiger partial charge is 0.478 e. The Bertz CT molecular complexity index is 972. The average Bonchev–Trinajstić information content (AvgIpc) is 3.06. The average molecular weight is 398 g/mol. The maximum Gasteiger partial charge on any atom is 0.414 e. The summed E-state index contributed by atoms with van der Waals surface area (Å²) in [7, 11) is 0.